The van der Waals surface area contributed by atoms with E-state index in [-0.39, 0.29) is 11.5 Å². The van der Waals surface area contributed by atoms with Crippen LogP contribution in [0.3, 0.4) is 0 Å². The van der Waals surface area contributed by atoms with Crippen molar-refractivity contribution < 1.29 is 10.2 Å². The van der Waals surface area contributed by atoms with Gasteiger partial charge in [0.1, 0.15) is 11.5 Å². The van der Waals surface area contributed by atoms with E-state index in [0.717, 1.165) is 110 Å². The van der Waals surface area contributed by atoms with Crippen molar-refractivity contribution in [1.29, 1.82) is 0 Å². The molecule has 2 nitrogen and oxygen atoms in total. The Kier molecular flexibility index (Phi) is 9.51. The minimum absolute atomic E-state index is 0.111. The van der Waals surface area contributed by atoms with Crippen LogP contribution in [-0.2, 0) is 0 Å². The van der Waals surface area contributed by atoms with Crippen molar-refractivity contribution in [1.82, 2.24) is 0 Å². The minimum Gasteiger partial charge on any atom is -0.507 e. The molecule has 0 amide bonds. The molecule has 0 unspecified atom stereocenters. The first kappa shape index (κ1) is 38.9. The van der Waals surface area contributed by atoms with Gasteiger partial charge in [0, 0.05) is 21.9 Å². The number of aromatic hydroxyl groups is 2. The summed E-state index contributed by atoms with van der Waals surface area (Å²) in [5.41, 5.74) is 13.0. The lowest BCUT2D eigenvalue weighted by Gasteiger charge is -2.24. The van der Waals surface area contributed by atoms with Crippen LogP contribution in [0.4, 0.5) is 0 Å². The molecule has 0 heterocycles. The van der Waals surface area contributed by atoms with E-state index in [9.17, 15) is 10.2 Å². The Morgan fingerprint density at radius 1 is 0.212 bits per heavy atom. The van der Waals surface area contributed by atoms with Crippen molar-refractivity contribution in [2.75, 3.05) is 0 Å². The van der Waals surface area contributed by atoms with Gasteiger partial charge in [0.15, 0.2) is 0 Å². The number of phenols is 2. The first-order chi connectivity index (χ1) is 32.6. The highest BCUT2D eigenvalue weighted by molar-refractivity contribution is 6.21. The van der Waals surface area contributed by atoms with Crippen LogP contribution in [0.25, 0.3) is 121 Å². The van der Waals surface area contributed by atoms with Crippen molar-refractivity contribution in [3.05, 3.63) is 243 Å². The average molecular weight is 843 g/mol. The molecule has 12 aromatic rings. The molecule has 2 heteroatoms. The monoisotopic (exact) mass is 842 g/mol. The lowest BCUT2D eigenvalue weighted by atomic mass is 9.80. The van der Waals surface area contributed by atoms with Crippen molar-refractivity contribution >= 4 is 43.1 Å². The number of hydrogen-bond donors (Lipinski definition) is 2. The van der Waals surface area contributed by atoms with Crippen LogP contribution in [0.5, 0.6) is 11.5 Å². The third kappa shape index (κ3) is 6.58. The van der Waals surface area contributed by atoms with Crippen LogP contribution in [0.15, 0.2) is 243 Å². The zero-order chi connectivity index (χ0) is 44.1. The first-order valence-corrected chi connectivity index (χ1v) is 22.4. The maximum Gasteiger partial charge on any atom is 0.132 e. The molecule has 0 atom stereocenters. The molecule has 2 N–H and O–H groups in total. The van der Waals surface area contributed by atoms with Gasteiger partial charge in [-0.3, -0.25) is 0 Å². The number of phenolic OH excluding ortho intramolecular Hbond substituents is 2. The molecule has 310 valence electrons. The number of hydrogen-bond acceptors (Lipinski definition) is 2. The number of rotatable bonds is 7. The molecule has 0 aliphatic rings. The smallest absolute Gasteiger partial charge is 0.132 e. The Balaban J connectivity index is 1.29. The summed E-state index contributed by atoms with van der Waals surface area (Å²) in [7, 11) is 0. The summed E-state index contributed by atoms with van der Waals surface area (Å²) in [5, 5.41) is 34.3. The van der Waals surface area contributed by atoms with E-state index in [1.807, 2.05) is 48.5 Å². The normalized spacial score (nSPS) is 11.5. The third-order valence-electron chi connectivity index (χ3n) is 13.3. The second-order valence-corrected chi connectivity index (χ2v) is 17.0. The molecule has 12 aromatic carbocycles. The van der Waals surface area contributed by atoms with Gasteiger partial charge in [-0.15, -0.1) is 0 Å². The first-order valence-electron chi connectivity index (χ1n) is 22.4. The molecule has 12 rings (SSSR count). The number of fused-ring (bicyclic) bond motifs is 6. The third-order valence-corrected chi connectivity index (χ3v) is 13.3. The van der Waals surface area contributed by atoms with Crippen LogP contribution in [0.2, 0.25) is 0 Å². The van der Waals surface area contributed by atoms with E-state index >= 15 is 0 Å². The van der Waals surface area contributed by atoms with Crippen molar-refractivity contribution in [3.8, 4) is 89.4 Å². The Labute approximate surface area is 383 Å². The molecule has 0 saturated carbocycles. The van der Waals surface area contributed by atoms with Crippen molar-refractivity contribution in [2.45, 2.75) is 0 Å². The average Bonchev–Trinajstić information content (AvgIpc) is 3.39. The maximum atomic E-state index is 13.6. The van der Waals surface area contributed by atoms with E-state index in [0.29, 0.717) is 11.1 Å². The summed E-state index contributed by atoms with van der Waals surface area (Å²) < 4.78 is 0. The summed E-state index contributed by atoms with van der Waals surface area (Å²) in [4.78, 5) is 0. The van der Waals surface area contributed by atoms with Crippen LogP contribution < -0.4 is 0 Å². The Hall–Kier alpha value is -8.72. The van der Waals surface area contributed by atoms with E-state index < -0.39 is 0 Å². The second-order valence-electron chi connectivity index (χ2n) is 17.0. The molecule has 66 heavy (non-hydrogen) atoms. The van der Waals surface area contributed by atoms with Gasteiger partial charge >= 0.3 is 0 Å². The van der Waals surface area contributed by atoms with E-state index in [1.54, 1.807) is 0 Å². The van der Waals surface area contributed by atoms with E-state index in [2.05, 4.69) is 194 Å². The topological polar surface area (TPSA) is 40.5 Å². The SMILES string of the molecule is Oc1c(-c2c(-c3cc(-c4ccccc4)ccc3-c3ccccc3)cc3ccc4ccccc4c3c2O)c(-c2cc(-c3ccccc3)ccc2-c2ccccc2)cc2ccc3ccccc3c12. The predicted octanol–water partition coefficient (Wildman–Crippen LogP) is 17.4. The van der Waals surface area contributed by atoms with Gasteiger partial charge in [-0.25, -0.2) is 0 Å². The van der Waals surface area contributed by atoms with Crippen molar-refractivity contribution in [2.24, 2.45) is 0 Å². The van der Waals surface area contributed by atoms with Gasteiger partial charge in [0.05, 0.1) is 0 Å². The summed E-state index contributed by atoms with van der Waals surface area (Å²) in [6.07, 6.45) is 0. The summed E-state index contributed by atoms with van der Waals surface area (Å²) in [6.45, 7) is 0. The molecule has 0 aromatic heterocycles. The summed E-state index contributed by atoms with van der Waals surface area (Å²) in [6, 6.07) is 84.4. The highest BCUT2D eigenvalue weighted by Gasteiger charge is 2.28. The Morgan fingerprint density at radius 3 is 0.939 bits per heavy atom. The van der Waals surface area contributed by atoms with E-state index in [4.69, 9.17) is 0 Å². The van der Waals surface area contributed by atoms with Gasteiger partial charge < -0.3 is 10.2 Å². The highest BCUT2D eigenvalue weighted by atomic mass is 16.3. The molecule has 0 aliphatic carbocycles. The largest absolute Gasteiger partial charge is 0.507 e. The summed E-state index contributed by atoms with van der Waals surface area (Å²) >= 11 is 0. The van der Waals surface area contributed by atoms with Crippen LogP contribution >= 0.6 is 0 Å². The van der Waals surface area contributed by atoms with Crippen LogP contribution in [0, 0.1) is 0 Å². The fourth-order valence-electron chi connectivity index (χ4n) is 10.1. The molecule has 0 bridgehead atoms. The van der Waals surface area contributed by atoms with Gasteiger partial charge in [-0.05, 0) is 123 Å². The fraction of sp³-hybridized carbons (Fsp3) is 0. The van der Waals surface area contributed by atoms with Crippen LogP contribution in [-0.4, -0.2) is 10.2 Å². The zero-order valence-electron chi connectivity index (χ0n) is 36.0. The zero-order valence-corrected chi connectivity index (χ0v) is 36.0. The predicted molar refractivity (Wildman–Crippen MR) is 278 cm³/mol. The lowest BCUT2D eigenvalue weighted by Crippen LogP contribution is -1.97. The molecule has 0 fully saturated rings. The quantitative estimate of drug-likeness (QED) is 0.157. The van der Waals surface area contributed by atoms with Crippen molar-refractivity contribution in [3.63, 3.8) is 0 Å². The number of benzene rings is 12. The highest BCUT2D eigenvalue weighted by Crippen LogP contribution is 2.56. The van der Waals surface area contributed by atoms with Gasteiger partial charge in [0.2, 0.25) is 0 Å². The summed E-state index contributed by atoms with van der Waals surface area (Å²) in [5.74, 6) is 0.222. The van der Waals surface area contributed by atoms with Gasteiger partial charge in [0.25, 0.3) is 0 Å². The van der Waals surface area contributed by atoms with E-state index in [1.165, 1.54) is 0 Å². The molecule has 0 aliphatic heterocycles. The molecule has 0 spiro atoms. The van der Waals surface area contributed by atoms with Gasteiger partial charge in [-0.1, -0.05) is 218 Å². The molecule has 0 radical (unpaired) electrons. The Bertz CT molecular complexity index is 3550. The maximum absolute atomic E-state index is 13.6. The fourth-order valence-corrected chi connectivity index (χ4v) is 10.1. The molecule has 0 saturated heterocycles. The standard InChI is InChI=1S/C64H42O2/c65-63-59-49(31-29-45-25-13-15-27-53(45)59)39-57(55-37-47(41-17-5-1-6-18-41)33-35-51(55)43-21-9-3-10-22-43)61(63)62-58(40-50-32-30-46-26-14-16-28-54(46)60(50)64(62)66)56-38-48(42-19-7-2-8-20-42)34-36-52(56)44-23-11-4-12-24-44/h1-40,65-66H. The molecular formula is C64H42O2. The molecular weight excluding hydrogens is 801 g/mol. The van der Waals surface area contributed by atoms with Gasteiger partial charge in [-0.2, -0.15) is 0 Å². The minimum atomic E-state index is 0.111. The van der Waals surface area contributed by atoms with Crippen LogP contribution in [0.1, 0.15) is 0 Å². The Morgan fingerprint density at radius 2 is 0.545 bits per heavy atom. The second kappa shape index (κ2) is 16.1. The lowest BCUT2D eigenvalue weighted by molar-refractivity contribution is 0.476.